The van der Waals surface area contributed by atoms with Crippen molar-refractivity contribution in [1.29, 1.82) is 0 Å². The first-order chi connectivity index (χ1) is 12.0. The van der Waals surface area contributed by atoms with Crippen LogP contribution in [0.4, 0.5) is 5.69 Å². The Balaban J connectivity index is 1.70. The van der Waals surface area contributed by atoms with Crippen LogP contribution in [0.1, 0.15) is 42.0 Å². The number of piperidine rings is 2. The van der Waals surface area contributed by atoms with E-state index >= 15 is 0 Å². The Kier molecular flexibility index (Phi) is 4.00. The van der Waals surface area contributed by atoms with E-state index in [1.54, 1.807) is 6.07 Å². The summed E-state index contributed by atoms with van der Waals surface area (Å²) in [4.78, 5) is 15.0. The number of benzene rings is 2. The standard InChI is InChI=1S/C21H24N2O2/c1-13-2-4-14(5-3-13)12-23-16-7-8-17(20(25)11-16)21(23)15-6-9-19(24)18(22)10-15/h2-6,9-10,16-17,21,24H,7-8,11-12,22H2,1H3. The second-order valence-electron chi connectivity index (χ2n) is 7.43. The first-order valence-corrected chi connectivity index (χ1v) is 8.95. The van der Waals surface area contributed by atoms with E-state index in [1.165, 1.54) is 11.1 Å². The summed E-state index contributed by atoms with van der Waals surface area (Å²) in [6.07, 6.45) is 2.67. The Morgan fingerprint density at radius 3 is 2.60 bits per heavy atom. The molecule has 3 aliphatic rings. The number of carbonyl (C=O) groups is 1. The van der Waals surface area contributed by atoms with Crippen molar-refractivity contribution in [1.82, 2.24) is 4.90 Å². The number of Topliss-reactive ketones (excluding diaryl/α,β-unsaturated/α-hetero) is 1. The number of nitrogens with two attached hydrogens (primary N) is 1. The van der Waals surface area contributed by atoms with Gasteiger partial charge in [0.15, 0.2) is 0 Å². The van der Waals surface area contributed by atoms with Crippen LogP contribution in [0.25, 0.3) is 0 Å². The third-order valence-electron chi connectivity index (χ3n) is 5.75. The Bertz CT molecular complexity index is 800. The van der Waals surface area contributed by atoms with Gasteiger partial charge in [-0.05, 0) is 43.0 Å². The maximum Gasteiger partial charge on any atom is 0.139 e. The second kappa shape index (κ2) is 6.19. The zero-order valence-corrected chi connectivity index (χ0v) is 14.5. The van der Waals surface area contributed by atoms with Crippen molar-refractivity contribution in [2.45, 2.75) is 44.8 Å². The van der Waals surface area contributed by atoms with Crippen molar-refractivity contribution < 1.29 is 9.90 Å². The highest BCUT2D eigenvalue weighted by atomic mass is 16.3. The van der Waals surface area contributed by atoms with E-state index < -0.39 is 0 Å². The second-order valence-corrected chi connectivity index (χ2v) is 7.43. The van der Waals surface area contributed by atoms with Gasteiger partial charge < -0.3 is 10.8 Å². The van der Waals surface area contributed by atoms with Crippen LogP contribution in [0, 0.1) is 12.8 Å². The normalized spacial score (nSPS) is 26.1. The number of aryl methyl sites for hydroxylation is 1. The first-order valence-electron chi connectivity index (χ1n) is 8.95. The zero-order valence-electron chi connectivity index (χ0n) is 14.5. The Morgan fingerprint density at radius 2 is 1.92 bits per heavy atom. The van der Waals surface area contributed by atoms with Gasteiger partial charge in [0, 0.05) is 31.0 Å². The zero-order chi connectivity index (χ0) is 17.6. The van der Waals surface area contributed by atoms with E-state index in [-0.39, 0.29) is 17.7 Å². The summed E-state index contributed by atoms with van der Waals surface area (Å²) in [6, 6.07) is 14.3. The molecule has 2 heterocycles. The van der Waals surface area contributed by atoms with Crippen molar-refractivity contribution in [2.75, 3.05) is 5.73 Å². The van der Waals surface area contributed by atoms with Gasteiger partial charge in [-0.15, -0.1) is 0 Å². The van der Waals surface area contributed by atoms with Gasteiger partial charge in [0.2, 0.25) is 0 Å². The van der Waals surface area contributed by atoms with Crippen molar-refractivity contribution in [3.05, 3.63) is 59.2 Å². The number of phenolic OH excluding ortho intramolecular Hbond substituents is 1. The largest absolute Gasteiger partial charge is 0.506 e. The molecule has 3 atom stereocenters. The lowest BCUT2D eigenvalue weighted by atomic mass is 9.71. The van der Waals surface area contributed by atoms with Gasteiger partial charge in [-0.1, -0.05) is 35.9 Å². The molecule has 0 amide bonds. The van der Waals surface area contributed by atoms with Crippen LogP contribution in [-0.2, 0) is 11.3 Å². The van der Waals surface area contributed by atoms with E-state index in [9.17, 15) is 9.90 Å². The lowest BCUT2D eigenvalue weighted by Gasteiger charge is -2.51. The molecule has 130 valence electrons. The highest BCUT2D eigenvalue weighted by Crippen LogP contribution is 2.47. The van der Waals surface area contributed by atoms with Gasteiger partial charge in [-0.3, -0.25) is 9.69 Å². The molecule has 4 nitrogen and oxygen atoms in total. The SMILES string of the molecule is Cc1ccc(CN2C3CCC(C(=O)C3)C2c2ccc(O)c(N)c2)cc1. The third kappa shape index (κ3) is 2.91. The van der Waals surface area contributed by atoms with Gasteiger partial charge in [0.1, 0.15) is 11.5 Å². The average molecular weight is 336 g/mol. The number of ketones is 1. The smallest absolute Gasteiger partial charge is 0.139 e. The summed E-state index contributed by atoms with van der Waals surface area (Å²) < 4.78 is 0. The van der Waals surface area contributed by atoms with Crippen LogP contribution in [0.5, 0.6) is 5.75 Å². The minimum absolute atomic E-state index is 0.0272. The van der Waals surface area contributed by atoms with Crippen LogP contribution in [0.15, 0.2) is 42.5 Å². The molecule has 1 aliphatic carbocycles. The number of fused-ring (bicyclic) bond motifs is 3. The number of anilines is 1. The average Bonchev–Trinajstić information content (AvgIpc) is 2.60. The molecule has 0 aromatic heterocycles. The number of hydrogen-bond donors (Lipinski definition) is 2. The number of hydrogen-bond acceptors (Lipinski definition) is 4. The number of nitrogen functional groups attached to an aromatic ring is 1. The summed E-state index contributed by atoms with van der Waals surface area (Å²) in [7, 11) is 0. The fraction of sp³-hybridized carbons (Fsp3) is 0.381. The van der Waals surface area contributed by atoms with Crippen LogP contribution >= 0.6 is 0 Å². The minimum atomic E-state index is 0.0272. The number of nitrogens with zero attached hydrogens (tertiary/aromatic N) is 1. The Hall–Kier alpha value is -2.33. The monoisotopic (exact) mass is 336 g/mol. The first kappa shape index (κ1) is 16.2. The summed E-state index contributed by atoms with van der Waals surface area (Å²) in [5.41, 5.74) is 9.85. The molecule has 0 radical (unpaired) electrons. The predicted octanol–water partition coefficient (Wildman–Crippen LogP) is 3.58. The fourth-order valence-electron chi connectivity index (χ4n) is 4.41. The molecular weight excluding hydrogens is 312 g/mol. The maximum atomic E-state index is 12.5. The van der Waals surface area contributed by atoms with Gasteiger partial charge >= 0.3 is 0 Å². The maximum absolute atomic E-state index is 12.5. The van der Waals surface area contributed by atoms with Crippen molar-refractivity contribution in [3.63, 3.8) is 0 Å². The molecule has 2 aromatic carbocycles. The van der Waals surface area contributed by atoms with Gasteiger partial charge in [-0.2, -0.15) is 0 Å². The summed E-state index contributed by atoms with van der Waals surface area (Å²) in [5, 5.41) is 9.75. The highest BCUT2D eigenvalue weighted by Gasteiger charge is 2.47. The lowest BCUT2D eigenvalue weighted by molar-refractivity contribution is -0.138. The van der Waals surface area contributed by atoms with E-state index in [0.717, 1.165) is 24.9 Å². The van der Waals surface area contributed by atoms with E-state index in [2.05, 4.69) is 36.1 Å². The molecule has 25 heavy (non-hydrogen) atoms. The lowest BCUT2D eigenvalue weighted by Crippen LogP contribution is -2.53. The molecule has 2 aromatic rings. The molecule has 0 spiro atoms. The van der Waals surface area contributed by atoms with Crippen molar-refractivity contribution in [2.24, 2.45) is 5.92 Å². The summed E-state index contributed by atoms with van der Waals surface area (Å²) >= 11 is 0. The Morgan fingerprint density at radius 1 is 1.16 bits per heavy atom. The van der Waals surface area contributed by atoms with Gasteiger partial charge in [0.25, 0.3) is 0 Å². The summed E-state index contributed by atoms with van der Waals surface area (Å²) in [5.74, 6) is 0.494. The molecule has 5 rings (SSSR count). The Labute approximate surface area is 148 Å². The number of rotatable bonds is 3. The molecule has 3 fully saturated rings. The number of aromatic hydroxyl groups is 1. The highest BCUT2D eigenvalue weighted by molar-refractivity contribution is 5.84. The molecule has 3 unspecified atom stereocenters. The molecule has 4 heteroatoms. The molecular formula is C21H24N2O2. The third-order valence-corrected chi connectivity index (χ3v) is 5.75. The molecule has 2 saturated heterocycles. The van der Waals surface area contributed by atoms with Crippen molar-refractivity contribution >= 4 is 11.5 Å². The van der Waals surface area contributed by atoms with E-state index in [4.69, 9.17) is 5.73 Å². The fourth-order valence-corrected chi connectivity index (χ4v) is 4.41. The molecule has 2 aliphatic heterocycles. The van der Waals surface area contributed by atoms with Crippen LogP contribution in [-0.4, -0.2) is 21.8 Å². The molecule has 3 N–H and O–H groups in total. The quantitative estimate of drug-likeness (QED) is 0.664. The van der Waals surface area contributed by atoms with Gasteiger partial charge in [0.05, 0.1) is 5.69 Å². The van der Waals surface area contributed by atoms with Gasteiger partial charge in [-0.25, -0.2) is 0 Å². The van der Waals surface area contributed by atoms with Crippen LogP contribution < -0.4 is 5.73 Å². The summed E-state index contributed by atoms with van der Waals surface area (Å²) in [6.45, 7) is 2.92. The van der Waals surface area contributed by atoms with E-state index in [1.807, 2.05) is 12.1 Å². The predicted molar refractivity (Wildman–Crippen MR) is 98.1 cm³/mol. The molecule has 1 saturated carbocycles. The van der Waals surface area contributed by atoms with Crippen LogP contribution in [0.2, 0.25) is 0 Å². The number of phenols is 1. The van der Waals surface area contributed by atoms with Crippen LogP contribution in [0.3, 0.4) is 0 Å². The molecule has 2 bridgehead atoms. The topological polar surface area (TPSA) is 66.6 Å². The number of carbonyl (C=O) groups excluding carboxylic acids is 1. The van der Waals surface area contributed by atoms with Crippen molar-refractivity contribution in [3.8, 4) is 5.75 Å². The van der Waals surface area contributed by atoms with E-state index in [0.29, 0.717) is 23.9 Å². The minimum Gasteiger partial charge on any atom is -0.506 e.